The van der Waals surface area contributed by atoms with Gasteiger partial charge in [0.1, 0.15) is 0 Å². The molecule has 0 aliphatic rings. The summed E-state index contributed by atoms with van der Waals surface area (Å²) in [7, 11) is 0. The smallest absolute Gasteiger partial charge is 0.337 e. The Labute approximate surface area is 114 Å². The Hall–Kier alpha value is -1.75. The number of hydrogen-bond donors (Lipinski definition) is 4. The zero-order valence-electron chi connectivity index (χ0n) is 11.6. The van der Waals surface area contributed by atoms with Gasteiger partial charge in [0.05, 0.1) is 16.9 Å². The van der Waals surface area contributed by atoms with E-state index in [4.69, 9.17) is 16.6 Å². The third-order valence-electron chi connectivity index (χ3n) is 3.37. The minimum Gasteiger partial charge on any atom is -0.478 e. The van der Waals surface area contributed by atoms with Gasteiger partial charge in [0, 0.05) is 0 Å². The standard InChI is InChI=1S/C14H23N3O2/c1-3-9(2)8-17-7-6-10-4-5-11(14(18)19)13(16)12(10)15/h4-5,9,17H,3,6-8,15-16H2,1-2H3,(H,18,19). The highest BCUT2D eigenvalue weighted by Crippen LogP contribution is 2.24. The predicted molar refractivity (Wildman–Crippen MR) is 78.3 cm³/mol. The van der Waals surface area contributed by atoms with Crippen LogP contribution in [0.3, 0.4) is 0 Å². The number of anilines is 2. The third-order valence-corrected chi connectivity index (χ3v) is 3.37. The van der Waals surface area contributed by atoms with Gasteiger partial charge in [0.15, 0.2) is 0 Å². The van der Waals surface area contributed by atoms with E-state index >= 15 is 0 Å². The SMILES string of the molecule is CCC(C)CNCCc1ccc(C(=O)O)c(N)c1N. The van der Waals surface area contributed by atoms with Crippen molar-refractivity contribution in [3.63, 3.8) is 0 Å². The van der Waals surface area contributed by atoms with Crippen molar-refractivity contribution in [2.45, 2.75) is 26.7 Å². The molecule has 1 atom stereocenters. The molecule has 0 heterocycles. The first-order valence-electron chi connectivity index (χ1n) is 6.58. The molecule has 19 heavy (non-hydrogen) atoms. The van der Waals surface area contributed by atoms with Crippen molar-refractivity contribution in [1.82, 2.24) is 5.32 Å². The number of aromatic carboxylic acids is 1. The maximum absolute atomic E-state index is 10.9. The van der Waals surface area contributed by atoms with Gasteiger partial charge < -0.3 is 21.9 Å². The molecule has 0 aliphatic carbocycles. The van der Waals surface area contributed by atoms with Crippen LogP contribution in [0.5, 0.6) is 0 Å². The van der Waals surface area contributed by atoms with E-state index in [0.29, 0.717) is 11.6 Å². The van der Waals surface area contributed by atoms with Crippen LogP contribution in [-0.4, -0.2) is 24.2 Å². The Bertz CT molecular complexity index is 447. The molecule has 0 aromatic heterocycles. The van der Waals surface area contributed by atoms with E-state index < -0.39 is 5.97 Å². The number of nitrogen functional groups attached to an aromatic ring is 2. The maximum Gasteiger partial charge on any atom is 0.337 e. The number of nitrogens with two attached hydrogens (primary N) is 2. The van der Waals surface area contributed by atoms with Crippen LogP contribution in [0, 0.1) is 5.92 Å². The molecule has 1 aromatic rings. The van der Waals surface area contributed by atoms with Crippen molar-refractivity contribution < 1.29 is 9.90 Å². The predicted octanol–water partition coefficient (Wildman–Crippen LogP) is 1.73. The molecular formula is C14H23N3O2. The van der Waals surface area contributed by atoms with Crippen LogP contribution in [0.25, 0.3) is 0 Å². The average molecular weight is 265 g/mol. The highest BCUT2D eigenvalue weighted by Gasteiger charge is 2.12. The van der Waals surface area contributed by atoms with Gasteiger partial charge >= 0.3 is 5.97 Å². The van der Waals surface area contributed by atoms with E-state index in [2.05, 4.69) is 19.2 Å². The molecule has 0 amide bonds. The summed E-state index contributed by atoms with van der Waals surface area (Å²) >= 11 is 0. The van der Waals surface area contributed by atoms with Crippen molar-refractivity contribution in [3.05, 3.63) is 23.3 Å². The lowest BCUT2D eigenvalue weighted by Crippen LogP contribution is -2.23. The Morgan fingerprint density at radius 2 is 2.05 bits per heavy atom. The minimum atomic E-state index is -1.05. The van der Waals surface area contributed by atoms with Gasteiger partial charge in [-0.15, -0.1) is 0 Å². The molecule has 1 aromatic carbocycles. The fourth-order valence-electron chi connectivity index (χ4n) is 1.80. The summed E-state index contributed by atoms with van der Waals surface area (Å²) in [5, 5.41) is 12.3. The van der Waals surface area contributed by atoms with Crippen LogP contribution in [0.2, 0.25) is 0 Å². The highest BCUT2D eigenvalue weighted by molar-refractivity contribution is 5.97. The fraction of sp³-hybridized carbons (Fsp3) is 0.500. The van der Waals surface area contributed by atoms with Gasteiger partial charge in [-0.05, 0) is 37.1 Å². The van der Waals surface area contributed by atoms with Crippen molar-refractivity contribution in [2.75, 3.05) is 24.6 Å². The lowest BCUT2D eigenvalue weighted by atomic mass is 10.0. The molecule has 0 bridgehead atoms. The van der Waals surface area contributed by atoms with Crippen LogP contribution in [0.1, 0.15) is 36.2 Å². The van der Waals surface area contributed by atoms with E-state index in [0.717, 1.165) is 31.5 Å². The zero-order chi connectivity index (χ0) is 14.4. The van der Waals surface area contributed by atoms with Gasteiger partial charge in [-0.1, -0.05) is 26.3 Å². The van der Waals surface area contributed by atoms with Crippen LogP contribution in [0.15, 0.2) is 12.1 Å². The topological polar surface area (TPSA) is 101 Å². The van der Waals surface area contributed by atoms with Crippen molar-refractivity contribution in [3.8, 4) is 0 Å². The summed E-state index contributed by atoms with van der Waals surface area (Å²) in [6.45, 7) is 6.14. The highest BCUT2D eigenvalue weighted by atomic mass is 16.4. The second-order valence-electron chi connectivity index (χ2n) is 4.87. The molecule has 0 radical (unpaired) electrons. The third kappa shape index (κ3) is 4.13. The average Bonchev–Trinajstić information content (AvgIpc) is 2.38. The van der Waals surface area contributed by atoms with Crippen molar-refractivity contribution in [1.29, 1.82) is 0 Å². The Balaban J connectivity index is 2.60. The molecule has 1 rings (SSSR count). The van der Waals surface area contributed by atoms with E-state index in [1.807, 2.05) is 0 Å². The fourth-order valence-corrected chi connectivity index (χ4v) is 1.80. The zero-order valence-corrected chi connectivity index (χ0v) is 11.6. The maximum atomic E-state index is 10.9. The van der Waals surface area contributed by atoms with Crippen molar-refractivity contribution in [2.24, 2.45) is 5.92 Å². The summed E-state index contributed by atoms with van der Waals surface area (Å²) in [6, 6.07) is 3.25. The molecule has 5 nitrogen and oxygen atoms in total. The number of carbonyl (C=O) groups is 1. The monoisotopic (exact) mass is 265 g/mol. The summed E-state index contributed by atoms with van der Waals surface area (Å²) in [6.07, 6.45) is 1.89. The van der Waals surface area contributed by atoms with Gasteiger partial charge in [0.2, 0.25) is 0 Å². The summed E-state index contributed by atoms with van der Waals surface area (Å²) < 4.78 is 0. The van der Waals surface area contributed by atoms with Crippen LogP contribution >= 0.6 is 0 Å². The van der Waals surface area contributed by atoms with Gasteiger partial charge in [-0.2, -0.15) is 0 Å². The molecule has 0 saturated carbocycles. The summed E-state index contributed by atoms with van der Waals surface area (Å²) in [5.74, 6) is -0.401. The molecule has 0 spiro atoms. The number of carboxylic acid groups (broad SMARTS) is 1. The first-order valence-corrected chi connectivity index (χ1v) is 6.58. The van der Waals surface area contributed by atoms with E-state index in [1.54, 1.807) is 6.07 Å². The molecular weight excluding hydrogens is 242 g/mol. The lowest BCUT2D eigenvalue weighted by Gasteiger charge is -2.13. The van der Waals surface area contributed by atoms with Crippen LogP contribution in [0.4, 0.5) is 11.4 Å². The summed E-state index contributed by atoms with van der Waals surface area (Å²) in [4.78, 5) is 10.9. The number of benzene rings is 1. The van der Waals surface area contributed by atoms with E-state index in [-0.39, 0.29) is 11.3 Å². The van der Waals surface area contributed by atoms with E-state index in [1.165, 1.54) is 6.07 Å². The number of carboxylic acids is 1. The second-order valence-corrected chi connectivity index (χ2v) is 4.87. The van der Waals surface area contributed by atoms with Gasteiger partial charge in [-0.3, -0.25) is 0 Å². The Morgan fingerprint density at radius 3 is 2.63 bits per heavy atom. The normalized spacial score (nSPS) is 12.3. The van der Waals surface area contributed by atoms with Gasteiger partial charge in [-0.25, -0.2) is 4.79 Å². The number of nitrogens with one attached hydrogen (secondary N) is 1. The first-order chi connectivity index (χ1) is 8.97. The van der Waals surface area contributed by atoms with Crippen molar-refractivity contribution >= 4 is 17.3 Å². The molecule has 1 unspecified atom stereocenters. The minimum absolute atomic E-state index is 0.0637. The molecule has 0 fully saturated rings. The molecule has 5 heteroatoms. The van der Waals surface area contributed by atoms with Crippen LogP contribution in [-0.2, 0) is 6.42 Å². The Kier molecular flexibility index (Phi) is 5.63. The Morgan fingerprint density at radius 1 is 1.37 bits per heavy atom. The lowest BCUT2D eigenvalue weighted by molar-refractivity contribution is 0.0698. The summed E-state index contributed by atoms with van der Waals surface area (Å²) in [5.41, 5.74) is 13.1. The largest absolute Gasteiger partial charge is 0.478 e. The molecule has 106 valence electrons. The molecule has 6 N–H and O–H groups in total. The molecule has 0 saturated heterocycles. The first kappa shape index (κ1) is 15.3. The second kappa shape index (κ2) is 6.99. The number of hydrogen-bond acceptors (Lipinski definition) is 4. The quantitative estimate of drug-likeness (QED) is 0.444. The van der Waals surface area contributed by atoms with E-state index in [9.17, 15) is 4.79 Å². The number of rotatable bonds is 7. The molecule has 0 aliphatic heterocycles. The van der Waals surface area contributed by atoms with Crippen LogP contribution < -0.4 is 16.8 Å². The van der Waals surface area contributed by atoms with Gasteiger partial charge in [0.25, 0.3) is 0 Å².